The number of halogens is 5. The SMILES string of the molecule is FC(F)(F)c1ccc(Cl)c(N=C(SCc2ccc(Cl)cc2)c2cccnc2)c1. The second kappa shape index (κ2) is 8.99. The van der Waals surface area contributed by atoms with Gasteiger partial charge in [-0.25, -0.2) is 4.99 Å². The Morgan fingerprint density at radius 1 is 1.04 bits per heavy atom. The van der Waals surface area contributed by atoms with Crippen LogP contribution in [-0.4, -0.2) is 10.0 Å². The van der Waals surface area contributed by atoms with Crippen molar-refractivity contribution in [1.82, 2.24) is 4.98 Å². The van der Waals surface area contributed by atoms with Gasteiger partial charge in [-0.05, 0) is 48.0 Å². The Kier molecular flexibility index (Phi) is 6.65. The molecular formula is C20H13Cl2F3N2S. The summed E-state index contributed by atoms with van der Waals surface area (Å²) in [4.78, 5) is 8.49. The highest BCUT2D eigenvalue weighted by molar-refractivity contribution is 8.13. The summed E-state index contributed by atoms with van der Waals surface area (Å²) in [7, 11) is 0. The molecule has 1 aromatic heterocycles. The van der Waals surface area contributed by atoms with Crippen molar-refractivity contribution in [3.63, 3.8) is 0 Å². The molecule has 0 spiro atoms. The second-order valence-electron chi connectivity index (χ2n) is 5.74. The number of aliphatic imine (C=N–C) groups is 1. The van der Waals surface area contributed by atoms with E-state index >= 15 is 0 Å². The molecule has 2 nitrogen and oxygen atoms in total. The monoisotopic (exact) mass is 440 g/mol. The summed E-state index contributed by atoms with van der Waals surface area (Å²) < 4.78 is 39.1. The zero-order valence-electron chi connectivity index (χ0n) is 14.3. The van der Waals surface area contributed by atoms with Crippen LogP contribution in [0.3, 0.4) is 0 Å². The molecule has 2 aromatic carbocycles. The number of rotatable bonds is 4. The maximum atomic E-state index is 13.0. The molecule has 0 bridgehead atoms. The van der Waals surface area contributed by atoms with Gasteiger partial charge in [-0.1, -0.05) is 35.3 Å². The lowest BCUT2D eigenvalue weighted by Gasteiger charge is -2.10. The Hall–Kier alpha value is -2.02. The lowest BCUT2D eigenvalue weighted by atomic mass is 10.2. The first-order valence-electron chi connectivity index (χ1n) is 8.06. The molecule has 0 N–H and O–H groups in total. The van der Waals surface area contributed by atoms with E-state index < -0.39 is 11.7 Å². The molecule has 0 fully saturated rings. The highest BCUT2D eigenvalue weighted by atomic mass is 35.5. The summed E-state index contributed by atoms with van der Waals surface area (Å²) in [5.41, 5.74) is 0.943. The predicted molar refractivity (Wildman–Crippen MR) is 110 cm³/mol. The number of thioether (sulfide) groups is 1. The highest BCUT2D eigenvalue weighted by Crippen LogP contribution is 2.36. The molecule has 0 saturated heterocycles. The molecule has 0 aliphatic heterocycles. The molecule has 0 aliphatic carbocycles. The number of hydrogen-bond donors (Lipinski definition) is 0. The van der Waals surface area contributed by atoms with E-state index in [9.17, 15) is 13.2 Å². The summed E-state index contributed by atoms with van der Waals surface area (Å²) in [5, 5.41) is 1.29. The average molecular weight is 441 g/mol. The van der Waals surface area contributed by atoms with Crippen molar-refractivity contribution in [1.29, 1.82) is 0 Å². The minimum Gasteiger partial charge on any atom is -0.264 e. The largest absolute Gasteiger partial charge is 0.416 e. The zero-order valence-corrected chi connectivity index (χ0v) is 16.6. The number of benzene rings is 2. The fraction of sp³-hybridized carbons (Fsp3) is 0.100. The lowest BCUT2D eigenvalue weighted by Crippen LogP contribution is -2.04. The fourth-order valence-corrected chi connectivity index (χ4v) is 3.52. The standard InChI is InChI=1S/C20H13Cl2F3N2S/c21-16-6-3-13(4-7-16)12-28-19(14-2-1-9-26-11-14)27-18-10-15(20(23,24)25)5-8-17(18)22/h1-11H,12H2. The summed E-state index contributed by atoms with van der Waals surface area (Å²) in [6.45, 7) is 0. The molecule has 0 unspecified atom stereocenters. The number of pyridine rings is 1. The first-order chi connectivity index (χ1) is 13.3. The van der Waals surface area contributed by atoms with Gasteiger partial charge in [0.1, 0.15) is 5.04 Å². The number of alkyl halides is 3. The van der Waals surface area contributed by atoms with Crippen LogP contribution >= 0.6 is 35.0 Å². The van der Waals surface area contributed by atoms with E-state index in [1.54, 1.807) is 36.7 Å². The van der Waals surface area contributed by atoms with Crippen LogP contribution in [0.5, 0.6) is 0 Å². The maximum Gasteiger partial charge on any atom is 0.416 e. The van der Waals surface area contributed by atoms with Gasteiger partial charge in [0.2, 0.25) is 0 Å². The van der Waals surface area contributed by atoms with Crippen LogP contribution in [0.2, 0.25) is 10.0 Å². The smallest absolute Gasteiger partial charge is 0.264 e. The third-order valence-electron chi connectivity index (χ3n) is 3.69. The number of hydrogen-bond acceptors (Lipinski definition) is 3. The topological polar surface area (TPSA) is 25.2 Å². The minimum atomic E-state index is -4.47. The molecule has 0 amide bonds. The molecule has 144 valence electrons. The number of aromatic nitrogens is 1. The van der Waals surface area contributed by atoms with Crippen LogP contribution in [-0.2, 0) is 11.9 Å². The summed E-state index contributed by atoms with van der Waals surface area (Å²) in [6.07, 6.45) is -1.25. The molecule has 28 heavy (non-hydrogen) atoms. The van der Waals surface area contributed by atoms with Gasteiger partial charge in [-0.2, -0.15) is 13.2 Å². The molecule has 0 aliphatic rings. The fourth-order valence-electron chi connectivity index (χ4n) is 2.29. The molecule has 0 saturated carbocycles. The third-order valence-corrected chi connectivity index (χ3v) is 5.34. The average Bonchev–Trinajstić information content (AvgIpc) is 2.67. The van der Waals surface area contributed by atoms with Crippen molar-refractivity contribution in [2.24, 2.45) is 4.99 Å². The van der Waals surface area contributed by atoms with E-state index in [1.807, 2.05) is 12.1 Å². The quantitative estimate of drug-likeness (QED) is 0.311. The van der Waals surface area contributed by atoms with Gasteiger partial charge in [0, 0.05) is 28.7 Å². The lowest BCUT2D eigenvalue weighted by molar-refractivity contribution is -0.137. The third kappa shape index (κ3) is 5.50. The van der Waals surface area contributed by atoms with Crippen LogP contribution in [0.4, 0.5) is 18.9 Å². The van der Waals surface area contributed by atoms with Gasteiger partial charge >= 0.3 is 6.18 Å². The van der Waals surface area contributed by atoms with Crippen LogP contribution in [0, 0.1) is 0 Å². The van der Waals surface area contributed by atoms with Crippen molar-refractivity contribution in [3.8, 4) is 0 Å². The molecule has 1 heterocycles. The molecule has 3 rings (SSSR count). The first-order valence-corrected chi connectivity index (χ1v) is 9.80. The van der Waals surface area contributed by atoms with Gasteiger partial charge in [0.05, 0.1) is 16.3 Å². The van der Waals surface area contributed by atoms with Crippen molar-refractivity contribution >= 4 is 45.7 Å². The molecular weight excluding hydrogens is 428 g/mol. The van der Waals surface area contributed by atoms with Crippen molar-refractivity contribution < 1.29 is 13.2 Å². The van der Waals surface area contributed by atoms with E-state index in [0.29, 0.717) is 21.4 Å². The van der Waals surface area contributed by atoms with Gasteiger partial charge in [0.25, 0.3) is 0 Å². The van der Waals surface area contributed by atoms with Gasteiger partial charge in [0.15, 0.2) is 0 Å². The van der Waals surface area contributed by atoms with Gasteiger partial charge < -0.3 is 0 Å². The second-order valence-corrected chi connectivity index (χ2v) is 7.55. The predicted octanol–water partition coefficient (Wildman–Crippen LogP) is 7.42. The normalized spacial score (nSPS) is 12.2. The van der Waals surface area contributed by atoms with Crippen molar-refractivity contribution in [3.05, 3.63) is 93.7 Å². The van der Waals surface area contributed by atoms with Crippen molar-refractivity contribution in [2.45, 2.75) is 11.9 Å². The minimum absolute atomic E-state index is 0.0546. The van der Waals surface area contributed by atoms with Crippen LogP contribution < -0.4 is 0 Å². The van der Waals surface area contributed by atoms with E-state index in [2.05, 4.69) is 9.98 Å². The molecule has 0 radical (unpaired) electrons. The zero-order chi connectivity index (χ0) is 20.1. The van der Waals surface area contributed by atoms with E-state index in [1.165, 1.54) is 17.8 Å². The Labute approximate surface area is 174 Å². The van der Waals surface area contributed by atoms with Crippen LogP contribution in [0.15, 0.2) is 72.0 Å². The Balaban J connectivity index is 1.96. The molecule has 0 atom stereocenters. The van der Waals surface area contributed by atoms with E-state index in [-0.39, 0.29) is 10.7 Å². The Morgan fingerprint density at radius 3 is 2.43 bits per heavy atom. The molecule has 8 heteroatoms. The Morgan fingerprint density at radius 2 is 1.79 bits per heavy atom. The van der Waals surface area contributed by atoms with Gasteiger partial charge in [-0.15, -0.1) is 11.8 Å². The summed E-state index contributed by atoms with van der Waals surface area (Å²) in [6, 6.07) is 13.9. The maximum absolute atomic E-state index is 13.0. The van der Waals surface area contributed by atoms with Crippen LogP contribution in [0.25, 0.3) is 0 Å². The highest BCUT2D eigenvalue weighted by Gasteiger charge is 2.31. The summed E-state index contributed by atoms with van der Waals surface area (Å²) >= 11 is 13.4. The van der Waals surface area contributed by atoms with E-state index in [4.69, 9.17) is 23.2 Å². The van der Waals surface area contributed by atoms with E-state index in [0.717, 1.165) is 17.7 Å². The number of nitrogens with zero attached hydrogens (tertiary/aromatic N) is 2. The molecule has 3 aromatic rings. The Bertz CT molecular complexity index is 975. The van der Waals surface area contributed by atoms with Crippen LogP contribution in [0.1, 0.15) is 16.7 Å². The first kappa shape index (κ1) is 20.7. The van der Waals surface area contributed by atoms with Crippen molar-refractivity contribution in [2.75, 3.05) is 0 Å². The summed E-state index contributed by atoms with van der Waals surface area (Å²) in [5.74, 6) is 0.557. The van der Waals surface area contributed by atoms with Gasteiger partial charge in [-0.3, -0.25) is 4.98 Å².